The van der Waals surface area contributed by atoms with Gasteiger partial charge in [-0.1, -0.05) is 31.4 Å². The van der Waals surface area contributed by atoms with Crippen LogP contribution in [0.4, 0.5) is 10.2 Å². The summed E-state index contributed by atoms with van der Waals surface area (Å²) in [6.07, 6.45) is 5.17. The second-order valence-corrected chi connectivity index (χ2v) is 7.15. The van der Waals surface area contributed by atoms with E-state index >= 15 is 0 Å². The molecule has 0 aliphatic heterocycles. The molecule has 3 rings (SSSR count). The molecule has 0 unspecified atom stereocenters. The Labute approximate surface area is 158 Å². The van der Waals surface area contributed by atoms with Gasteiger partial charge in [-0.25, -0.2) is 4.39 Å². The lowest BCUT2D eigenvalue weighted by Crippen LogP contribution is -2.26. The second-order valence-electron chi connectivity index (χ2n) is 7.15. The van der Waals surface area contributed by atoms with Crippen LogP contribution in [0.5, 0.6) is 0 Å². The van der Waals surface area contributed by atoms with Crippen LogP contribution < -0.4 is 5.32 Å². The van der Waals surface area contributed by atoms with Gasteiger partial charge in [0.2, 0.25) is 5.91 Å². The number of benzene rings is 1. The molecule has 1 aromatic carbocycles. The first kappa shape index (κ1) is 19.1. The van der Waals surface area contributed by atoms with E-state index < -0.39 is 0 Å². The average molecular weight is 372 g/mol. The number of halogens is 1. The number of nitrogens with one attached hydrogen (secondary N) is 1. The molecule has 6 nitrogen and oxygen atoms in total. The molecule has 0 bridgehead atoms. The smallest absolute Gasteiger partial charge is 0.274 e. The number of carbonyl (C=O) groups is 2. The molecule has 2 amide bonds. The van der Waals surface area contributed by atoms with Crippen LogP contribution in [0.1, 0.15) is 48.2 Å². The van der Waals surface area contributed by atoms with Crippen LogP contribution in [0, 0.1) is 11.7 Å². The Hall–Kier alpha value is -2.70. The van der Waals surface area contributed by atoms with E-state index in [1.165, 1.54) is 28.1 Å². The van der Waals surface area contributed by atoms with E-state index in [2.05, 4.69) is 10.4 Å². The predicted molar refractivity (Wildman–Crippen MR) is 101 cm³/mol. The van der Waals surface area contributed by atoms with Crippen LogP contribution in [0.3, 0.4) is 0 Å². The standard InChI is InChI=1S/C20H25FN4O2/c1-24(13-14-7-6-10-16(21)11-14)20(27)17-12-18(25(2)23-17)22-19(26)15-8-4-3-5-9-15/h6-7,10-12,15H,3-5,8-9,13H2,1-2H3,(H,22,26). The number of aryl methyl sites for hydroxylation is 1. The number of hydrogen-bond acceptors (Lipinski definition) is 3. The van der Waals surface area contributed by atoms with Crippen molar-refractivity contribution in [1.29, 1.82) is 0 Å². The van der Waals surface area contributed by atoms with Crippen molar-refractivity contribution in [2.24, 2.45) is 13.0 Å². The number of rotatable bonds is 5. The third kappa shape index (κ3) is 4.72. The molecule has 7 heteroatoms. The fourth-order valence-electron chi connectivity index (χ4n) is 3.46. The lowest BCUT2D eigenvalue weighted by molar-refractivity contribution is -0.120. The molecule has 1 saturated carbocycles. The van der Waals surface area contributed by atoms with Gasteiger partial charge in [-0.15, -0.1) is 0 Å². The molecule has 2 aromatic rings. The molecular weight excluding hydrogens is 347 g/mol. The maximum atomic E-state index is 13.3. The third-order valence-corrected chi connectivity index (χ3v) is 4.98. The van der Waals surface area contributed by atoms with Crippen molar-refractivity contribution in [2.45, 2.75) is 38.6 Å². The Balaban J connectivity index is 1.65. The van der Waals surface area contributed by atoms with Crippen molar-refractivity contribution < 1.29 is 14.0 Å². The summed E-state index contributed by atoms with van der Waals surface area (Å²) >= 11 is 0. The number of hydrogen-bond donors (Lipinski definition) is 1. The highest BCUT2D eigenvalue weighted by Crippen LogP contribution is 2.25. The Morgan fingerprint density at radius 3 is 2.70 bits per heavy atom. The highest BCUT2D eigenvalue weighted by Gasteiger charge is 2.23. The van der Waals surface area contributed by atoms with E-state index in [9.17, 15) is 14.0 Å². The molecule has 1 fully saturated rings. The summed E-state index contributed by atoms with van der Waals surface area (Å²) in [5, 5.41) is 7.12. The van der Waals surface area contributed by atoms with Gasteiger partial charge in [0.15, 0.2) is 5.69 Å². The molecule has 1 aliphatic carbocycles. The number of aromatic nitrogens is 2. The molecule has 0 saturated heterocycles. The highest BCUT2D eigenvalue weighted by atomic mass is 19.1. The second kappa shape index (κ2) is 8.33. The molecule has 144 valence electrons. The fourth-order valence-corrected chi connectivity index (χ4v) is 3.46. The molecule has 1 N–H and O–H groups in total. The summed E-state index contributed by atoms with van der Waals surface area (Å²) in [4.78, 5) is 26.5. The van der Waals surface area contributed by atoms with Gasteiger partial charge in [-0.2, -0.15) is 5.10 Å². The summed E-state index contributed by atoms with van der Waals surface area (Å²) in [5.74, 6) is -0.0896. The quantitative estimate of drug-likeness (QED) is 0.875. The predicted octanol–water partition coefficient (Wildman–Crippen LogP) is 3.35. The zero-order valence-electron chi connectivity index (χ0n) is 15.7. The maximum Gasteiger partial charge on any atom is 0.274 e. The number of anilines is 1. The van der Waals surface area contributed by atoms with Crippen molar-refractivity contribution >= 4 is 17.6 Å². The average Bonchev–Trinajstić information content (AvgIpc) is 3.02. The van der Waals surface area contributed by atoms with E-state index in [0.717, 1.165) is 25.7 Å². The Bertz CT molecular complexity index is 827. The number of amides is 2. The van der Waals surface area contributed by atoms with E-state index in [1.807, 2.05) is 0 Å². The summed E-state index contributed by atoms with van der Waals surface area (Å²) in [5.41, 5.74) is 0.947. The van der Waals surface area contributed by atoms with Crippen LogP contribution in [0.2, 0.25) is 0 Å². The van der Waals surface area contributed by atoms with Gasteiger partial charge in [-0.05, 0) is 30.5 Å². The SMILES string of the molecule is CN(Cc1cccc(F)c1)C(=O)c1cc(NC(=O)C2CCCCC2)n(C)n1. The van der Waals surface area contributed by atoms with E-state index in [1.54, 1.807) is 32.3 Å². The summed E-state index contributed by atoms with van der Waals surface area (Å²) in [6.45, 7) is 0.275. The van der Waals surface area contributed by atoms with Crippen LogP contribution >= 0.6 is 0 Å². The minimum absolute atomic E-state index is 0.00943. The molecule has 1 aliphatic rings. The minimum atomic E-state index is -0.334. The molecule has 27 heavy (non-hydrogen) atoms. The number of nitrogens with zero attached hydrogens (tertiary/aromatic N) is 3. The first-order chi connectivity index (χ1) is 12.9. The fraction of sp³-hybridized carbons (Fsp3) is 0.450. The van der Waals surface area contributed by atoms with E-state index in [4.69, 9.17) is 0 Å². The Kier molecular flexibility index (Phi) is 5.88. The largest absolute Gasteiger partial charge is 0.336 e. The molecule has 1 aromatic heterocycles. The molecule has 0 spiro atoms. The first-order valence-corrected chi connectivity index (χ1v) is 9.29. The molecular formula is C20H25FN4O2. The zero-order valence-corrected chi connectivity index (χ0v) is 15.7. The van der Waals surface area contributed by atoms with Crippen LogP contribution in [-0.2, 0) is 18.4 Å². The van der Waals surface area contributed by atoms with Crippen LogP contribution in [0.25, 0.3) is 0 Å². The first-order valence-electron chi connectivity index (χ1n) is 9.29. The zero-order chi connectivity index (χ0) is 19.4. The van der Waals surface area contributed by atoms with Crippen molar-refractivity contribution in [3.8, 4) is 0 Å². The molecule has 1 heterocycles. The summed E-state index contributed by atoms with van der Waals surface area (Å²) in [7, 11) is 3.34. The number of carbonyl (C=O) groups excluding carboxylic acids is 2. The van der Waals surface area contributed by atoms with Crippen LogP contribution in [0.15, 0.2) is 30.3 Å². The monoisotopic (exact) mass is 372 g/mol. The van der Waals surface area contributed by atoms with Gasteiger partial charge in [-0.3, -0.25) is 14.3 Å². The maximum absolute atomic E-state index is 13.3. The normalized spacial score (nSPS) is 14.8. The van der Waals surface area contributed by atoms with Crippen molar-refractivity contribution in [3.63, 3.8) is 0 Å². The van der Waals surface area contributed by atoms with Gasteiger partial charge >= 0.3 is 0 Å². The lowest BCUT2D eigenvalue weighted by Gasteiger charge is -2.20. The van der Waals surface area contributed by atoms with E-state index in [-0.39, 0.29) is 35.8 Å². The Morgan fingerprint density at radius 1 is 1.26 bits per heavy atom. The summed E-state index contributed by atoms with van der Waals surface area (Å²) in [6, 6.07) is 7.73. The van der Waals surface area contributed by atoms with Crippen molar-refractivity contribution in [2.75, 3.05) is 12.4 Å². The minimum Gasteiger partial charge on any atom is -0.336 e. The highest BCUT2D eigenvalue weighted by molar-refractivity contribution is 5.96. The van der Waals surface area contributed by atoms with Crippen molar-refractivity contribution in [1.82, 2.24) is 14.7 Å². The van der Waals surface area contributed by atoms with Gasteiger partial charge < -0.3 is 10.2 Å². The van der Waals surface area contributed by atoms with Crippen molar-refractivity contribution in [3.05, 3.63) is 47.4 Å². The van der Waals surface area contributed by atoms with Gasteiger partial charge in [0.05, 0.1) is 0 Å². The van der Waals surface area contributed by atoms with E-state index in [0.29, 0.717) is 11.4 Å². The third-order valence-electron chi connectivity index (χ3n) is 4.98. The molecule has 0 radical (unpaired) electrons. The van der Waals surface area contributed by atoms with Gasteiger partial charge in [0.25, 0.3) is 5.91 Å². The van der Waals surface area contributed by atoms with Gasteiger partial charge in [0.1, 0.15) is 11.6 Å². The summed E-state index contributed by atoms with van der Waals surface area (Å²) < 4.78 is 14.8. The lowest BCUT2D eigenvalue weighted by atomic mass is 9.89. The molecule has 0 atom stereocenters. The van der Waals surface area contributed by atoms with Crippen LogP contribution in [-0.4, -0.2) is 33.5 Å². The topological polar surface area (TPSA) is 67.2 Å². The Morgan fingerprint density at radius 2 is 2.00 bits per heavy atom. The van der Waals surface area contributed by atoms with Gasteiger partial charge in [0, 0.05) is 32.6 Å².